The van der Waals surface area contributed by atoms with Crippen LogP contribution < -0.4 is 5.32 Å². The van der Waals surface area contributed by atoms with Crippen molar-refractivity contribution in [2.45, 2.75) is 44.7 Å². The molecule has 0 bridgehead atoms. The van der Waals surface area contributed by atoms with E-state index in [1.807, 2.05) is 25.2 Å². The first-order valence-corrected chi connectivity index (χ1v) is 9.26. The zero-order valence-corrected chi connectivity index (χ0v) is 15.6. The molecule has 1 aromatic carbocycles. The minimum absolute atomic E-state index is 0.0272. The summed E-state index contributed by atoms with van der Waals surface area (Å²) in [5, 5.41) is 6.71. The number of rotatable bonds is 4. The molecule has 5 heteroatoms. The average molecular weight is 343 g/mol. The molecule has 2 aromatic rings. The van der Waals surface area contributed by atoms with E-state index in [2.05, 4.69) is 43.6 Å². The van der Waals surface area contributed by atoms with Gasteiger partial charge in [-0.15, -0.1) is 11.3 Å². The van der Waals surface area contributed by atoms with Crippen molar-refractivity contribution in [2.24, 2.45) is 0 Å². The smallest absolute Gasteiger partial charge is 0.239 e. The number of hydrogen-bond donors (Lipinski definition) is 1. The Kier molecular flexibility index (Phi) is 4.74. The molecule has 1 aromatic heterocycles. The van der Waals surface area contributed by atoms with Gasteiger partial charge in [0.15, 0.2) is 0 Å². The van der Waals surface area contributed by atoms with E-state index in [-0.39, 0.29) is 23.4 Å². The van der Waals surface area contributed by atoms with Crippen LogP contribution in [0.5, 0.6) is 0 Å². The number of benzene rings is 1. The molecular formula is C19H25N3OS. The fourth-order valence-corrected chi connectivity index (χ4v) is 4.03. The zero-order valence-electron chi connectivity index (χ0n) is 14.7. The summed E-state index contributed by atoms with van der Waals surface area (Å²) < 4.78 is 0. The van der Waals surface area contributed by atoms with Crippen molar-refractivity contribution in [1.29, 1.82) is 0 Å². The standard InChI is InChI=1S/C19H25N3OS/c1-19(2,3)15-12-24-17(21-15)16(13-8-6-5-7-9-13)20-14-10-11-22(4)18(14)23/h5-9,12,14,16,20H,10-11H2,1-4H3/t14-,16-/m1/s1. The SMILES string of the molecule is CN1CC[C@@H](N[C@H](c2ccccc2)c2nc(C(C)(C)C)cs2)C1=O. The highest BCUT2D eigenvalue weighted by atomic mass is 32.1. The Balaban J connectivity index is 1.91. The van der Waals surface area contributed by atoms with E-state index in [1.165, 1.54) is 0 Å². The van der Waals surface area contributed by atoms with Crippen molar-refractivity contribution in [2.75, 3.05) is 13.6 Å². The summed E-state index contributed by atoms with van der Waals surface area (Å²) in [6.45, 7) is 7.33. The number of hydrogen-bond acceptors (Lipinski definition) is 4. The molecule has 1 aliphatic rings. The molecule has 4 nitrogen and oxygen atoms in total. The lowest BCUT2D eigenvalue weighted by molar-refractivity contribution is -0.128. The normalized spacial score (nSPS) is 19.8. The third-order valence-corrected chi connectivity index (χ3v) is 5.38. The number of carbonyl (C=O) groups excluding carboxylic acids is 1. The summed E-state index contributed by atoms with van der Waals surface area (Å²) in [5.74, 6) is 0.170. The van der Waals surface area contributed by atoms with Crippen LogP contribution in [0.4, 0.5) is 0 Å². The number of aromatic nitrogens is 1. The van der Waals surface area contributed by atoms with E-state index < -0.39 is 0 Å². The molecule has 0 radical (unpaired) electrons. The molecule has 1 aliphatic heterocycles. The summed E-state index contributed by atoms with van der Waals surface area (Å²) in [7, 11) is 1.86. The van der Waals surface area contributed by atoms with Gasteiger partial charge >= 0.3 is 0 Å². The van der Waals surface area contributed by atoms with E-state index in [4.69, 9.17) is 4.98 Å². The summed E-state index contributed by atoms with van der Waals surface area (Å²) in [5.41, 5.74) is 2.27. The van der Waals surface area contributed by atoms with Crippen LogP contribution in [-0.4, -0.2) is 35.4 Å². The lowest BCUT2D eigenvalue weighted by atomic mass is 9.93. The van der Waals surface area contributed by atoms with Gasteiger partial charge in [-0.2, -0.15) is 0 Å². The first kappa shape index (κ1) is 17.1. The van der Waals surface area contributed by atoms with E-state index in [0.29, 0.717) is 0 Å². The molecular weight excluding hydrogens is 318 g/mol. The van der Waals surface area contributed by atoms with Crippen LogP contribution >= 0.6 is 11.3 Å². The van der Waals surface area contributed by atoms with Gasteiger partial charge in [-0.05, 0) is 12.0 Å². The van der Waals surface area contributed by atoms with Crippen LogP contribution in [0.2, 0.25) is 0 Å². The fourth-order valence-electron chi connectivity index (χ4n) is 2.90. The first-order valence-electron chi connectivity index (χ1n) is 8.38. The largest absolute Gasteiger partial charge is 0.344 e. The van der Waals surface area contributed by atoms with Gasteiger partial charge in [-0.1, -0.05) is 51.1 Å². The predicted octanol–water partition coefficient (Wildman–Crippen LogP) is 3.35. The molecule has 0 aliphatic carbocycles. The van der Waals surface area contributed by atoms with E-state index in [0.717, 1.165) is 29.2 Å². The highest BCUT2D eigenvalue weighted by Gasteiger charge is 2.32. The van der Waals surface area contributed by atoms with E-state index in [9.17, 15) is 4.79 Å². The van der Waals surface area contributed by atoms with Crippen LogP contribution in [-0.2, 0) is 10.2 Å². The van der Waals surface area contributed by atoms with Gasteiger partial charge in [-0.25, -0.2) is 4.98 Å². The van der Waals surface area contributed by atoms with Crippen molar-refractivity contribution in [3.63, 3.8) is 0 Å². The van der Waals surface area contributed by atoms with Gasteiger partial charge in [0.2, 0.25) is 5.91 Å². The molecule has 2 atom stereocenters. The van der Waals surface area contributed by atoms with Crippen LogP contribution in [0.1, 0.15) is 49.5 Å². The maximum absolute atomic E-state index is 12.3. The molecule has 1 fully saturated rings. The topological polar surface area (TPSA) is 45.2 Å². The molecule has 0 saturated carbocycles. The zero-order chi connectivity index (χ0) is 17.3. The first-order chi connectivity index (χ1) is 11.4. The Morgan fingerprint density at radius 3 is 2.54 bits per heavy atom. The highest BCUT2D eigenvalue weighted by molar-refractivity contribution is 7.09. The van der Waals surface area contributed by atoms with Gasteiger partial charge in [0.25, 0.3) is 0 Å². The molecule has 24 heavy (non-hydrogen) atoms. The van der Waals surface area contributed by atoms with Crippen molar-refractivity contribution in [1.82, 2.24) is 15.2 Å². The van der Waals surface area contributed by atoms with Crippen molar-refractivity contribution in [3.05, 3.63) is 52.0 Å². The number of likely N-dealkylation sites (N-methyl/N-ethyl adjacent to an activating group) is 1. The fraction of sp³-hybridized carbons (Fsp3) is 0.474. The summed E-state index contributed by atoms with van der Waals surface area (Å²) in [6, 6.07) is 10.1. The number of nitrogens with zero attached hydrogens (tertiary/aromatic N) is 2. The van der Waals surface area contributed by atoms with Gasteiger partial charge in [0, 0.05) is 24.4 Å². The minimum atomic E-state index is -0.137. The minimum Gasteiger partial charge on any atom is -0.344 e. The Bertz CT molecular complexity index is 705. The number of thiazole rings is 1. The number of nitrogens with one attached hydrogen (secondary N) is 1. The Morgan fingerprint density at radius 2 is 2.00 bits per heavy atom. The van der Waals surface area contributed by atoms with E-state index >= 15 is 0 Å². The lowest BCUT2D eigenvalue weighted by Gasteiger charge is -2.21. The van der Waals surface area contributed by atoms with Gasteiger partial charge < -0.3 is 4.90 Å². The van der Waals surface area contributed by atoms with Crippen molar-refractivity contribution in [3.8, 4) is 0 Å². The Hall–Kier alpha value is -1.72. The second-order valence-electron chi connectivity index (χ2n) is 7.43. The summed E-state index contributed by atoms with van der Waals surface area (Å²) in [4.78, 5) is 19.0. The molecule has 1 N–H and O–H groups in total. The lowest BCUT2D eigenvalue weighted by Crippen LogP contribution is -2.39. The maximum atomic E-state index is 12.3. The maximum Gasteiger partial charge on any atom is 0.239 e. The second-order valence-corrected chi connectivity index (χ2v) is 8.32. The number of amides is 1. The number of likely N-dealkylation sites (tertiary alicyclic amines) is 1. The van der Waals surface area contributed by atoms with Crippen molar-refractivity contribution < 1.29 is 4.79 Å². The van der Waals surface area contributed by atoms with Crippen LogP contribution in [0.15, 0.2) is 35.7 Å². The van der Waals surface area contributed by atoms with Gasteiger partial charge in [-0.3, -0.25) is 10.1 Å². The molecule has 3 rings (SSSR count). The van der Waals surface area contributed by atoms with Crippen LogP contribution in [0, 0.1) is 0 Å². The third-order valence-electron chi connectivity index (χ3n) is 4.47. The van der Waals surface area contributed by atoms with Gasteiger partial charge in [0.1, 0.15) is 5.01 Å². The third kappa shape index (κ3) is 3.52. The average Bonchev–Trinajstić information content (AvgIpc) is 3.15. The molecule has 0 spiro atoms. The molecule has 128 valence electrons. The van der Waals surface area contributed by atoms with Crippen LogP contribution in [0.3, 0.4) is 0 Å². The Labute approximate surface area is 147 Å². The second kappa shape index (κ2) is 6.65. The highest BCUT2D eigenvalue weighted by Crippen LogP contribution is 2.31. The molecule has 1 amide bonds. The summed E-state index contributed by atoms with van der Waals surface area (Å²) in [6.07, 6.45) is 0.843. The van der Waals surface area contributed by atoms with Crippen molar-refractivity contribution >= 4 is 17.2 Å². The summed E-state index contributed by atoms with van der Waals surface area (Å²) >= 11 is 1.67. The molecule has 0 unspecified atom stereocenters. The monoisotopic (exact) mass is 343 g/mol. The predicted molar refractivity (Wildman–Crippen MR) is 98.3 cm³/mol. The number of carbonyl (C=O) groups is 1. The molecule has 2 heterocycles. The quantitative estimate of drug-likeness (QED) is 0.926. The van der Waals surface area contributed by atoms with Gasteiger partial charge in [0.05, 0.1) is 17.8 Å². The molecule has 1 saturated heterocycles. The van der Waals surface area contributed by atoms with Crippen LogP contribution in [0.25, 0.3) is 0 Å². The van der Waals surface area contributed by atoms with E-state index in [1.54, 1.807) is 16.2 Å². The Morgan fingerprint density at radius 1 is 1.29 bits per heavy atom.